The molecule has 0 aliphatic heterocycles. The zero-order valence-corrected chi connectivity index (χ0v) is 12.4. The number of anilines is 2. The van der Waals surface area contributed by atoms with Crippen molar-refractivity contribution in [1.82, 2.24) is 4.98 Å². The van der Waals surface area contributed by atoms with Crippen LogP contribution in [0.3, 0.4) is 0 Å². The minimum absolute atomic E-state index is 0.152. The molecule has 0 aliphatic rings. The fourth-order valence-electron chi connectivity index (χ4n) is 1.41. The van der Waals surface area contributed by atoms with E-state index < -0.39 is 0 Å². The molecule has 94 valence electrons. The number of carbonyl (C=O) groups is 1. The minimum atomic E-state index is -0.152. The van der Waals surface area contributed by atoms with Gasteiger partial charge in [0.1, 0.15) is 0 Å². The molecule has 0 aliphatic carbocycles. The van der Waals surface area contributed by atoms with Crippen LogP contribution in [0.4, 0.5) is 10.8 Å². The number of amides is 1. The summed E-state index contributed by atoms with van der Waals surface area (Å²) in [5, 5.41) is 3.35. The molecule has 0 atom stereocenters. The first-order valence-electron chi connectivity index (χ1n) is 5.26. The van der Waals surface area contributed by atoms with Crippen molar-refractivity contribution in [3.8, 4) is 0 Å². The van der Waals surface area contributed by atoms with Gasteiger partial charge in [-0.05, 0) is 34.1 Å². The van der Waals surface area contributed by atoms with E-state index in [1.54, 1.807) is 12.3 Å². The van der Waals surface area contributed by atoms with Crippen molar-refractivity contribution >= 4 is 44.0 Å². The lowest BCUT2D eigenvalue weighted by Gasteiger charge is -2.13. The topological polar surface area (TPSA) is 45.2 Å². The van der Waals surface area contributed by atoms with Crippen LogP contribution in [0.5, 0.6) is 0 Å². The van der Waals surface area contributed by atoms with Crippen molar-refractivity contribution in [3.63, 3.8) is 0 Å². The SMILES string of the molecule is CN(C)c1cccc(C(=O)Nc2ncc(Br)s2)c1. The van der Waals surface area contributed by atoms with Crippen molar-refractivity contribution in [2.75, 3.05) is 24.3 Å². The Morgan fingerprint density at radius 2 is 2.22 bits per heavy atom. The van der Waals surface area contributed by atoms with Crippen molar-refractivity contribution in [2.45, 2.75) is 0 Å². The van der Waals surface area contributed by atoms with Crippen LogP contribution in [0.2, 0.25) is 0 Å². The highest BCUT2D eigenvalue weighted by atomic mass is 79.9. The Hall–Kier alpha value is -1.40. The van der Waals surface area contributed by atoms with Gasteiger partial charge < -0.3 is 4.90 Å². The summed E-state index contributed by atoms with van der Waals surface area (Å²) in [4.78, 5) is 18.0. The smallest absolute Gasteiger partial charge is 0.257 e. The van der Waals surface area contributed by atoms with Gasteiger partial charge in [0.25, 0.3) is 5.91 Å². The van der Waals surface area contributed by atoms with E-state index in [2.05, 4.69) is 26.2 Å². The van der Waals surface area contributed by atoms with E-state index in [0.717, 1.165) is 9.47 Å². The van der Waals surface area contributed by atoms with Crippen LogP contribution in [0, 0.1) is 0 Å². The predicted octanol–water partition coefficient (Wildman–Crippen LogP) is 3.22. The molecule has 2 rings (SSSR count). The van der Waals surface area contributed by atoms with Crippen LogP contribution in [0.25, 0.3) is 0 Å². The molecular weight excluding hydrogens is 314 g/mol. The number of halogens is 1. The number of benzene rings is 1. The van der Waals surface area contributed by atoms with E-state index in [9.17, 15) is 4.79 Å². The van der Waals surface area contributed by atoms with Crippen molar-refractivity contribution in [3.05, 3.63) is 39.8 Å². The second-order valence-electron chi connectivity index (χ2n) is 3.87. The Balaban J connectivity index is 2.16. The van der Waals surface area contributed by atoms with E-state index in [4.69, 9.17) is 0 Å². The Bertz CT molecular complexity index is 568. The van der Waals surface area contributed by atoms with Crippen LogP contribution in [0.1, 0.15) is 10.4 Å². The molecule has 0 fully saturated rings. The number of nitrogens with zero attached hydrogens (tertiary/aromatic N) is 2. The highest BCUT2D eigenvalue weighted by molar-refractivity contribution is 9.11. The summed E-state index contributed by atoms with van der Waals surface area (Å²) in [6.07, 6.45) is 1.66. The molecule has 1 amide bonds. The van der Waals surface area contributed by atoms with Crippen LogP contribution in [0.15, 0.2) is 34.2 Å². The minimum Gasteiger partial charge on any atom is -0.378 e. The van der Waals surface area contributed by atoms with Gasteiger partial charge >= 0.3 is 0 Å². The molecule has 0 radical (unpaired) electrons. The van der Waals surface area contributed by atoms with E-state index in [1.807, 2.05) is 37.2 Å². The quantitative estimate of drug-likeness (QED) is 0.942. The van der Waals surface area contributed by atoms with E-state index in [0.29, 0.717) is 10.7 Å². The summed E-state index contributed by atoms with van der Waals surface area (Å²) in [7, 11) is 3.88. The second-order valence-corrected chi connectivity index (χ2v) is 6.28. The van der Waals surface area contributed by atoms with Gasteiger partial charge in [0.2, 0.25) is 0 Å². The summed E-state index contributed by atoms with van der Waals surface area (Å²) in [6.45, 7) is 0. The lowest BCUT2D eigenvalue weighted by molar-refractivity contribution is 0.102. The first-order valence-corrected chi connectivity index (χ1v) is 6.87. The Morgan fingerprint density at radius 1 is 1.44 bits per heavy atom. The Labute approximate surface area is 118 Å². The van der Waals surface area contributed by atoms with Gasteiger partial charge in [-0.1, -0.05) is 17.4 Å². The molecule has 0 saturated carbocycles. The average Bonchev–Trinajstić information content (AvgIpc) is 2.75. The van der Waals surface area contributed by atoms with Gasteiger partial charge in [-0.25, -0.2) is 4.98 Å². The maximum atomic E-state index is 12.0. The Kier molecular flexibility index (Phi) is 3.98. The van der Waals surface area contributed by atoms with Gasteiger partial charge in [-0.2, -0.15) is 0 Å². The van der Waals surface area contributed by atoms with Gasteiger partial charge in [-0.3, -0.25) is 10.1 Å². The molecule has 18 heavy (non-hydrogen) atoms. The summed E-state index contributed by atoms with van der Waals surface area (Å²) in [5.74, 6) is -0.152. The molecule has 2 aromatic rings. The molecule has 1 heterocycles. The first kappa shape index (κ1) is 13.0. The number of hydrogen-bond acceptors (Lipinski definition) is 4. The van der Waals surface area contributed by atoms with Gasteiger partial charge in [-0.15, -0.1) is 0 Å². The molecule has 1 aromatic carbocycles. The highest BCUT2D eigenvalue weighted by Gasteiger charge is 2.09. The van der Waals surface area contributed by atoms with Gasteiger partial charge in [0.15, 0.2) is 5.13 Å². The van der Waals surface area contributed by atoms with E-state index in [1.165, 1.54) is 11.3 Å². The zero-order valence-electron chi connectivity index (χ0n) is 9.98. The van der Waals surface area contributed by atoms with Crippen molar-refractivity contribution in [1.29, 1.82) is 0 Å². The predicted molar refractivity (Wildman–Crippen MR) is 78.5 cm³/mol. The number of aromatic nitrogens is 1. The third-order valence-corrected chi connectivity index (χ3v) is 3.71. The number of carbonyl (C=O) groups excluding carboxylic acids is 1. The lowest BCUT2D eigenvalue weighted by Crippen LogP contribution is -2.14. The molecular formula is C12H12BrN3OS. The van der Waals surface area contributed by atoms with E-state index >= 15 is 0 Å². The molecule has 4 nitrogen and oxygen atoms in total. The summed E-state index contributed by atoms with van der Waals surface area (Å²) in [6, 6.07) is 7.45. The average molecular weight is 326 g/mol. The van der Waals surface area contributed by atoms with Gasteiger partial charge in [0.05, 0.1) is 9.98 Å². The number of thiazole rings is 1. The van der Waals surface area contributed by atoms with E-state index in [-0.39, 0.29) is 5.91 Å². The standard InChI is InChI=1S/C12H12BrN3OS/c1-16(2)9-5-3-4-8(6-9)11(17)15-12-14-7-10(13)18-12/h3-7H,1-2H3,(H,14,15,17). The van der Waals surface area contributed by atoms with Gasteiger partial charge in [0, 0.05) is 25.3 Å². The van der Waals surface area contributed by atoms with Crippen molar-refractivity contribution in [2.24, 2.45) is 0 Å². The van der Waals surface area contributed by atoms with Crippen LogP contribution in [-0.2, 0) is 0 Å². The van der Waals surface area contributed by atoms with Crippen LogP contribution in [-0.4, -0.2) is 25.0 Å². The molecule has 1 N–H and O–H groups in total. The van der Waals surface area contributed by atoms with Crippen molar-refractivity contribution < 1.29 is 4.79 Å². The fourth-order valence-corrected chi connectivity index (χ4v) is 2.51. The van der Waals surface area contributed by atoms with Crippen LogP contribution >= 0.6 is 27.3 Å². The molecule has 0 saturated heterocycles. The fraction of sp³-hybridized carbons (Fsp3) is 0.167. The zero-order chi connectivity index (χ0) is 13.1. The molecule has 0 unspecified atom stereocenters. The Morgan fingerprint density at radius 3 is 2.83 bits per heavy atom. The van der Waals surface area contributed by atoms with Crippen LogP contribution < -0.4 is 10.2 Å². The third kappa shape index (κ3) is 3.08. The number of rotatable bonds is 3. The molecule has 0 spiro atoms. The maximum absolute atomic E-state index is 12.0. The largest absolute Gasteiger partial charge is 0.378 e. The maximum Gasteiger partial charge on any atom is 0.257 e. The number of hydrogen-bond donors (Lipinski definition) is 1. The molecule has 1 aromatic heterocycles. The molecule has 6 heteroatoms. The second kappa shape index (κ2) is 5.49. The number of nitrogens with one attached hydrogen (secondary N) is 1. The molecule has 0 bridgehead atoms. The third-order valence-electron chi connectivity index (χ3n) is 2.32. The highest BCUT2D eigenvalue weighted by Crippen LogP contribution is 2.24. The first-order chi connectivity index (χ1) is 8.56. The summed E-state index contributed by atoms with van der Waals surface area (Å²) >= 11 is 4.69. The summed E-state index contributed by atoms with van der Waals surface area (Å²) < 4.78 is 0.889. The monoisotopic (exact) mass is 325 g/mol. The lowest BCUT2D eigenvalue weighted by atomic mass is 10.2. The normalized spacial score (nSPS) is 10.2. The summed E-state index contributed by atoms with van der Waals surface area (Å²) in [5.41, 5.74) is 1.61.